The van der Waals surface area contributed by atoms with Crippen molar-refractivity contribution < 1.29 is 0 Å². The molecule has 0 amide bonds. The molecule has 0 radical (unpaired) electrons. The van der Waals surface area contributed by atoms with Crippen LogP contribution in [0.3, 0.4) is 0 Å². The van der Waals surface area contributed by atoms with Crippen LogP contribution in [0.1, 0.15) is 30.0 Å². The van der Waals surface area contributed by atoms with E-state index in [-0.39, 0.29) is 0 Å². The first-order valence-electron chi connectivity index (χ1n) is 6.31. The van der Waals surface area contributed by atoms with E-state index in [1.807, 2.05) is 12.5 Å². The van der Waals surface area contributed by atoms with Gasteiger partial charge < -0.3 is 9.88 Å². The predicted molar refractivity (Wildman–Crippen MR) is 67.7 cm³/mol. The monoisotopic (exact) mass is 225 g/mol. The molecule has 3 heteroatoms. The number of anilines is 1. The highest BCUT2D eigenvalue weighted by atomic mass is 15.1. The second kappa shape index (κ2) is 3.36. The first-order valence-corrected chi connectivity index (χ1v) is 6.31. The number of hydrogen-bond acceptors (Lipinski definition) is 2. The standard InChI is InChI=1S/C14H15N3/c1-2-10(1)14-8-15-9-17(14)12-3-4-13-11(7-12)5-6-16-13/h3-4,7-10,16H,1-2,5-6H2. The van der Waals surface area contributed by atoms with Gasteiger partial charge in [-0.15, -0.1) is 0 Å². The molecular weight excluding hydrogens is 210 g/mol. The van der Waals surface area contributed by atoms with Crippen molar-refractivity contribution in [3.8, 4) is 5.69 Å². The minimum atomic E-state index is 0.740. The molecule has 0 saturated heterocycles. The molecule has 2 aromatic rings. The van der Waals surface area contributed by atoms with Crippen LogP contribution < -0.4 is 5.32 Å². The van der Waals surface area contributed by atoms with Gasteiger partial charge in [-0.2, -0.15) is 0 Å². The van der Waals surface area contributed by atoms with Gasteiger partial charge in [-0.25, -0.2) is 4.98 Å². The van der Waals surface area contributed by atoms with Crippen LogP contribution in [0.25, 0.3) is 5.69 Å². The Bertz CT molecular complexity index is 567. The Kier molecular flexibility index (Phi) is 1.83. The highest BCUT2D eigenvalue weighted by molar-refractivity contribution is 5.59. The molecule has 1 aromatic carbocycles. The number of nitrogens with one attached hydrogen (secondary N) is 1. The first-order chi connectivity index (χ1) is 8.42. The third kappa shape index (κ3) is 1.46. The third-order valence-corrected chi connectivity index (χ3v) is 3.74. The summed E-state index contributed by atoms with van der Waals surface area (Å²) in [6.45, 7) is 1.07. The highest BCUT2D eigenvalue weighted by Gasteiger charge is 2.27. The molecule has 1 aliphatic heterocycles. The highest BCUT2D eigenvalue weighted by Crippen LogP contribution is 2.40. The van der Waals surface area contributed by atoms with Crippen LogP contribution in [0.5, 0.6) is 0 Å². The Hall–Kier alpha value is -1.77. The molecule has 0 atom stereocenters. The molecule has 0 bridgehead atoms. The number of aromatic nitrogens is 2. The second-order valence-electron chi connectivity index (χ2n) is 4.98. The molecule has 2 heterocycles. The molecule has 17 heavy (non-hydrogen) atoms. The number of fused-ring (bicyclic) bond motifs is 1. The van der Waals surface area contributed by atoms with E-state index in [4.69, 9.17) is 0 Å². The Morgan fingerprint density at radius 3 is 3.12 bits per heavy atom. The lowest BCUT2D eigenvalue weighted by molar-refractivity contribution is 0.922. The number of hydrogen-bond donors (Lipinski definition) is 1. The SMILES string of the molecule is c1cc2c(cc1-n1cncc1C1CC1)CCN2. The number of imidazole rings is 1. The van der Waals surface area contributed by atoms with Crippen molar-refractivity contribution in [2.24, 2.45) is 0 Å². The topological polar surface area (TPSA) is 29.9 Å². The Morgan fingerprint density at radius 1 is 1.29 bits per heavy atom. The van der Waals surface area contributed by atoms with E-state index in [2.05, 4.69) is 33.1 Å². The van der Waals surface area contributed by atoms with Gasteiger partial charge in [0, 0.05) is 35.7 Å². The van der Waals surface area contributed by atoms with Crippen molar-refractivity contribution in [3.63, 3.8) is 0 Å². The molecule has 0 spiro atoms. The maximum Gasteiger partial charge on any atom is 0.0994 e. The van der Waals surface area contributed by atoms with Gasteiger partial charge in [-0.05, 0) is 43.0 Å². The summed E-state index contributed by atoms with van der Waals surface area (Å²) in [7, 11) is 0. The molecule has 4 rings (SSSR count). The van der Waals surface area contributed by atoms with Crippen molar-refractivity contribution in [1.82, 2.24) is 9.55 Å². The number of nitrogens with zero attached hydrogens (tertiary/aromatic N) is 2. The summed E-state index contributed by atoms with van der Waals surface area (Å²) in [5.41, 5.74) is 5.35. The minimum Gasteiger partial charge on any atom is -0.384 e. The normalized spacial score (nSPS) is 17.9. The molecule has 86 valence electrons. The van der Waals surface area contributed by atoms with Crippen molar-refractivity contribution in [2.75, 3.05) is 11.9 Å². The van der Waals surface area contributed by atoms with Gasteiger partial charge in [-0.1, -0.05) is 0 Å². The summed E-state index contributed by atoms with van der Waals surface area (Å²) in [5.74, 6) is 0.740. The van der Waals surface area contributed by atoms with Crippen molar-refractivity contribution >= 4 is 5.69 Å². The maximum absolute atomic E-state index is 4.30. The summed E-state index contributed by atoms with van der Waals surface area (Å²) in [6.07, 6.45) is 7.73. The largest absolute Gasteiger partial charge is 0.384 e. The lowest BCUT2D eigenvalue weighted by Gasteiger charge is -2.09. The molecule has 1 saturated carbocycles. The average molecular weight is 225 g/mol. The first kappa shape index (κ1) is 9.28. The molecule has 1 N–H and O–H groups in total. The summed E-state index contributed by atoms with van der Waals surface area (Å²) in [5, 5.41) is 3.40. The molecule has 1 aromatic heterocycles. The van der Waals surface area contributed by atoms with Crippen LogP contribution in [0, 0.1) is 0 Å². The van der Waals surface area contributed by atoms with Crippen molar-refractivity contribution in [1.29, 1.82) is 0 Å². The maximum atomic E-state index is 4.30. The van der Waals surface area contributed by atoms with Gasteiger partial charge >= 0.3 is 0 Å². The fraction of sp³-hybridized carbons (Fsp3) is 0.357. The Labute approximate surface area is 100 Å². The molecule has 1 aliphatic carbocycles. The summed E-state index contributed by atoms with van der Waals surface area (Å²) < 4.78 is 2.25. The van der Waals surface area contributed by atoms with E-state index in [0.29, 0.717) is 0 Å². The Balaban J connectivity index is 1.80. The summed E-state index contributed by atoms with van der Waals surface area (Å²) in [6, 6.07) is 6.67. The van der Waals surface area contributed by atoms with Crippen LogP contribution in [0.15, 0.2) is 30.7 Å². The lowest BCUT2D eigenvalue weighted by atomic mass is 10.1. The van der Waals surface area contributed by atoms with Gasteiger partial charge in [0.1, 0.15) is 0 Å². The van der Waals surface area contributed by atoms with E-state index >= 15 is 0 Å². The van der Waals surface area contributed by atoms with Crippen LogP contribution in [-0.2, 0) is 6.42 Å². The minimum absolute atomic E-state index is 0.740. The van der Waals surface area contributed by atoms with Crippen LogP contribution >= 0.6 is 0 Å². The molecule has 3 nitrogen and oxygen atoms in total. The van der Waals surface area contributed by atoms with Gasteiger partial charge in [0.2, 0.25) is 0 Å². The van der Waals surface area contributed by atoms with E-state index < -0.39 is 0 Å². The van der Waals surface area contributed by atoms with Crippen molar-refractivity contribution in [3.05, 3.63) is 42.0 Å². The average Bonchev–Trinajstić information content (AvgIpc) is 2.93. The smallest absolute Gasteiger partial charge is 0.0994 e. The zero-order valence-electron chi connectivity index (χ0n) is 9.69. The zero-order chi connectivity index (χ0) is 11.2. The summed E-state index contributed by atoms with van der Waals surface area (Å²) in [4.78, 5) is 4.30. The van der Waals surface area contributed by atoms with Crippen LogP contribution in [-0.4, -0.2) is 16.1 Å². The van der Waals surface area contributed by atoms with Gasteiger partial charge in [0.15, 0.2) is 0 Å². The van der Waals surface area contributed by atoms with Crippen LogP contribution in [0.2, 0.25) is 0 Å². The van der Waals surface area contributed by atoms with Gasteiger partial charge in [-0.3, -0.25) is 0 Å². The van der Waals surface area contributed by atoms with Crippen molar-refractivity contribution in [2.45, 2.75) is 25.2 Å². The zero-order valence-corrected chi connectivity index (χ0v) is 9.69. The van der Waals surface area contributed by atoms with E-state index in [9.17, 15) is 0 Å². The van der Waals surface area contributed by atoms with Crippen LogP contribution in [0.4, 0.5) is 5.69 Å². The number of benzene rings is 1. The number of rotatable bonds is 2. The van der Waals surface area contributed by atoms with E-state index in [1.165, 1.54) is 35.5 Å². The fourth-order valence-corrected chi connectivity index (χ4v) is 2.64. The molecule has 2 aliphatic rings. The predicted octanol–water partition coefficient (Wildman–Crippen LogP) is 2.72. The lowest BCUT2D eigenvalue weighted by Crippen LogP contribution is -1.98. The van der Waals surface area contributed by atoms with E-state index in [1.54, 1.807) is 0 Å². The Morgan fingerprint density at radius 2 is 2.24 bits per heavy atom. The summed E-state index contributed by atoms with van der Waals surface area (Å²) >= 11 is 0. The fourth-order valence-electron chi connectivity index (χ4n) is 2.64. The quantitative estimate of drug-likeness (QED) is 0.851. The molecule has 1 fully saturated rings. The van der Waals surface area contributed by atoms with E-state index in [0.717, 1.165) is 18.9 Å². The second-order valence-corrected chi connectivity index (χ2v) is 4.98. The molecular formula is C14H15N3. The van der Waals surface area contributed by atoms with Gasteiger partial charge in [0.25, 0.3) is 0 Å². The third-order valence-electron chi connectivity index (χ3n) is 3.74. The van der Waals surface area contributed by atoms with Gasteiger partial charge in [0.05, 0.1) is 6.33 Å². The molecule has 0 unspecified atom stereocenters.